The van der Waals surface area contributed by atoms with Gasteiger partial charge in [0.1, 0.15) is 11.6 Å². The first-order chi connectivity index (χ1) is 10.5. The molecule has 1 aromatic rings. The number of hydrogen-bond donors (Lipinski definition) is 2. The molecule has 122 valence electrons. The Morgan fingerprint density at radius 2 is 1.95 bits per heavy atom. The summed E-state index contributed by atoms with van der Waals surface area (Å²) < 4.78 is 0. The summed E-state index contributed by atoms with van der Waals surface area (Å²) in [6.07, 6.45) is 0. The Bertz CT molecular complexity index is 554. The van der Waals surface area contributed by atoms with E-state index in [1.807, 2.05) is 0 Å². The Kier molecular flexibility index (Phi) is 5.19. The number of aliphatic hydroxyl groups excluding tert-OH is 1. The normalized spacial score (nSPS) is 15.4. The predicted octanol–water partition coefficient (Wildman–Crippen LogP) is 1.33. The Morgan fingerprint density at radius 3 is 2.59 bits per heavy atom. The van der Waals surface area contributed by atoms with E-state index in [1.54, 1.807) is 0 Å². The van der Waals surface area contributed by atoms with Crippen molar-refractivity contribution in [3.8, 4) is 0 Å². The van der Waals surface area contributed by atoms with Crippen LogP contribution in [0.25, 0.3) is 0 Å². The van der Waals surface area contributed by atoms with Crippen molar-refractivity contribution in [1.29, 1.82) is 0 Å². The van der Waals surface area contributed by atoms with E-state index in [4.69, 9.17) is 0 Å². The molecule has 22 heavy (non-hydrogen) atoms. The summed E-state index contributed by atoms with van der Waals surface area (Å²) in [5.74, 6) is 2.20. The van der Waals surface area contributed by atoms with Crippen molar-refractivity contribution in [1.82, 2.24) is 15.1 Å². The maximum atomic E-state index is 9.21. The fourth-order valence-electron chi connectivity index (χ4n) is 2.94. The Hall–Kier alpha value is -1.88. The number of aryl methyl sites for hydroxylation is 1. The van der Waals surface area contributed by atoms with E-state index in [0.29, 0.717) is 6.54 Å². The Morgan fingerprint density at radius 1 is 1.23 bits per heavy atom. The van der Waals surface area contributed by atoms with Gasteiger partial charge in [-0.15, -0.1) is 0 Å². The van der Waals surface area contributed by atoms with E-state index in [-0.39, 0.29) is 6.61 Å². The topological polar surface area (TPSA) is 42.0 Å². The molecule has 0 amide bonds. The Balaban J connectivity index is 2.50. The summed E-state index contributed by atoms with van der Waals surface area (Å²) in [5.41, 5.74) is 3.82. The molecule has 1 aliphatic heterocycles. The molecular formula is C17H28N4O. The molecule has 0 radical (unpaired) electrons. The van der Waals surface area contributed by atoms with Crippen molar-refractivity contribution in [2.75, 3.05) is 52.3 Å². The van der Waals surface area contributed by atoms with Crippen molar-refractivity contribution in [3.05, 3.63) is 41.0 Å². The first-order valence-corrected chi connectivity index (χ1v) is 7.78. The van der Waals surface area contributed by atoms with Crippen molar-refractivity contribution < 1.29 is 5.11 Å². The summed E-state index contributed by atoms with van der Waals surface area (Å²) >= 11 is 0. The van der Waals surface area contributed by atoms with Gasteiger partial charge in [0, 0.05) is 46.5 Å². The summed E-state index contributed by atoms with van der Waals surface area (Å²) in [6, 6.07) is 6.42. The van der Waals surface area contributed by atoms with E-state index >= 15 is 0 Å². The number of hydrogen-bond acceptors (Lipinski definition) is 5. The molecule has 0 aromatic heterocycles. The SMILES string of the molecule is Cc1cccc(N2CCN(C)C(N(C)C)=C2NCCO)c1C. The molecule has 0 atom stereocenters. The second-order valence-electron chi connectivity index (χ2n) is 6.01. The number of anilines is 1. The maximum absolute atomic E-state index is 9.21. The third-order valence-corrected chi connectivity index (χ3v) is 4.20. The average molecular weight is 304 g/mol. The molecule has 1 aromatic carbocycles. The third kappa shape index (κ3) is 3.14. The highest BCUT2D eigenvalue weighted by atomic mass is 16.3. The molecule has 0 fully saturated rings. The lowest BCUT2D eigenvalue weighted by atomic mass is 10.1. The molecule has 1 heterocycles. The van der Waals surface area contributed by atoms with Crippen LogP contribution in [0.5, 0.6) is 0 Å². The largest absolute Gasteiger partial charge is 0.395 e. The van der Waals surface area contributed by atoms with Gasteiger partial charge in [-0.1, -0.05) is 12.1 Å². The van der Waals surface area contributed by atoms with Gasteiger partial charge < -0.3 is 25.1 Å². The average Bonchev–Trinajstić information content (AvgIpc) is 2.48. The highest BCUT2D eigenvalue weighted by Crippen LogP contribution is 2.29. The number of nitrogens with one attached hydrogen (secondary N) is 1. The fourth-order valence-corrected chi connectivity index (χ4v) is 2.94. The lowest BCUT2D eigenvalue weighted by Crippen LogP contribution is -2.49. The van der Waals surface area contributed by atoms with E-state index in [2.05, 4.69) is 73.2 Å². The molecule has 2 N–H and O–H groups in total. The van der Waals surface area contributed by atoms with E-state index in [9.17, 15) is 5.11 Å². The lowest BCUT2D eigenvalue weighted by Gasteiger charge is -2.42. The van der Waals surface area contributed by atoms with Crippen LogP contribution in [-0.4, -0.2) is 62.3 Å². The highest BCUT2D eigenvalue weighted by Gasteiger charge is 2.26. The zero-order chi connectivity index (χ0) is 16.3. The van der Waals surface area contributed by atoms with Crippen LogP contribution < -0.4 is 10.2 Å². The van der Waals surface area contributed by atoms with Gasteiger partial charge >= 0.3 is 0 Å². The zero-order valence-corrected chi connectivity index (χ0v) is 14.3. The molecule has 0 bridgehead atoms. The van der Waals surface area contributed by atoms with Crippen LogP contribution in [0.2, 0.25) is 0 Å². The Labute approximate surface area is 133 Å². The molecule has 0 spiro atoms. The van der Waals surface area contributed by atoms with Gasteiger partial charge in [-0.3, -0.25) is 0 Å². The van der Waals surface area contributed by atoms with Crippen LogP contribution in [0.4, 0.5) is 5.69 Å². The van der Waals surface area contributed by atoms with Gasteiger partial charge in [-0.05, 0) is 31.0 Å². The number of rotatable bonds is 5. The summed E-state index contributed by atoms with van der Waals surface area (Å²) in [6.45, 7) is 6.86. The standard InChI is InChI=1S/C17H28N4O/c1-13-7-6-8-15(14(13)2)21-11-10-20(5)17(19(3)4)16(21)18-9-12-22/h6-8,18,22H,9-12H2,1-5H3. The van der Waals surface area contributed by atoms with Gasteiger partial charge in [0.05, 0.1) is 6.61 Å². The quantitative estimate of drug-likeness (QED) is 0.859. The van der Waals surface area contributed by atoms with Crippen LogP contribution in [-0.2, 0) is 0 Å². The van der Waals surface area contributed by atoms with Crippen LogP contribution in [0.3, 0.4) is 0 Å². The number of nitrogens with zero attached hydrogens (tertiary/aromatic N) is 3. The van der Waals surface area contributed by atoms with E-state index in [0.717, 1.165) is 24.7 Å². The molecular weight excluding hydrogens is 276 g/mol. The fraction of sp³-hybridized carbons (Fsp3) is 0.529. The molecule has 0 aliphatic carbocycles. The minimum atomic E-state index is 0.120. The molecule has 0 saturated carbocycles. The zero-order valence-electron chi connectivity index (χ0n) is 14.3. The number of aliphatic hydroxyl groups is 1. The van der Waals surface area contributed by atoms with E-state index < -0.39 is 0 Å². The van der Waals surface area contributed by atoms with Gasteiger partial charge in [-0.25, -0.2) is 0 Å². The van der Waals surface area contributed by atoms with Gasteiger partial charge in [-0.2, -0.15) is 0 Å². The maximum Gasteiger partial charge on any atom is 0.148 e. The van der Waals surface area contributed by atoms with Crippen LogP contribution >= 0.6 is 0 Å². The van der Waals surface area contributed by atoms with Gasteiger partial charge in [0.25, 0.3) is 0 Å². The summed E-state index contributed by atoms with van der Waals surface area (Å²) in [5, 5.41) is 12.6. The minimum Gasteiger partial charge on any atom is -0.395 e. The molecule has 5 nitrogen and oxygen atoms in total. The van der Waals surface area contributed by atoms with Crippen molar-refractivity contribution >= 4 is 5.69 Å². The van der Waals surface area contributed by atoms with E-state index in [1.165, 1.54) is 16.8 Å². The first kappa shape index (κ1) is 16.5. The highest BCUT2D eigenvalue weighted by molar-refractivity contribution is 5.60. The van der Waals surface area contributed by atoms with Gasteiger partial charge in [0.15, 0.2) is 0 Å². The second-order valence-corrected chi connectivity index (χ2v) is 6.01. The first-order valence-electron chi connectivity index (χ1n) is 7.78. The van der Waals surface area contributed by atoms with Crippen molar-refractivity contribution in [2.24, 2.45) is 0 Å². The lowest BCUT2D eigenvalue weighted by molar-refractivity contribution is 0.266. The summed E-state index contributed by atoms with van der Waals surface area (Å²) in [7, 11) is 6.22. The van der Waals surface area contributed by atoms with Crippen LogP contribution in [0.15, 0.2) is 29.8 Å². The van der Waals surface area contributed by atoms with Crippen LogP contribution in [0.1, 0.15) is 11.1 Å². The third-order valence-electron chi connectivity index (χ3n) is 4.20. The van der Waals surface area contributed by atoms with Gasteiger partial charge in [0.2, 0.25) is 0 Å². The smallest absolute Gasteiger partial charge is 0.148 e. The molecule has 5 heteroatoms. The second kappa shape index (κ2) is 6.92. The molecule has 2 rings (SSSR count). The van der Waals surface area contributed by atoms with Crippen molar-refractivity contribution in [3.63, 3.8) is 0 Å². The number of benzene rings is 1. The molecule has 0 unspecified atom stereocenters. The van der Waals surface area contributed by atoms with Crippen LogP contribution in [0, 0.1) is 13.8 Å². The minimum absolute atomic E-state index is 0.120. The predicted molar refractivity (Wildman–Crippen MR) is 91.7 cm³/mol. The monoisotopic (exact) mass is 304 g/mol. The number of likely N-dealkylation sites (N-methyl/N-ethyl adjacent to an activating group) is 1. The molecule has 0 saturated heterocycles. The molecule has 1 aliphatic rings. The van der Waals surface area contributed by atoms with Crippen molar-refractivity contribution in [2.45, 2.75) is 13.8 Å². The summed E-state index contributed by atoms with van der Waals surface area (Å²) in [4.78, 5) is 6.70.